The molecule has 2 aromatic heterocycles. The van der Waals surface area contributed by atoms with Gasteiger partial charge in [0.2, 0.25) is 5.91 Å². The molecule has 0 unspecified atom stereocenters. The van der Waals surface area contributed by atoms with Gasteiger partial charge < -0.3 is 20.7 Å². The van der Waals surface area contributed by atoms with Crippen LogP contribution in [0, 0.1) is 11.6 Å². The zero-order valence-corrected chi connectivity index (χ0v) is 17.7. The Balaban J connectivity index is 1.35. The highest BCUT2D eigenvalue weighted by molar-refractivity contribution is 5.90. The van der Waals surface area contributed by atoms with E-state index in [-0.39, 0.29) is 17.9 Å². The van der Waals surface area contributed by atoms with Gasteiger partial charge in [-0.05, 0) is 25.0 Å². The molecule has 170 valence electrons. The second-order valence-corrected chi connectivity index (χ2v) is 8.28. The fourth-order valence-corrected chi connectivity index (χ4v) is 4.29. The summed E-state index contributed by atoms with van der Waals surface area (Å²) in [5.74, 6) is -3.07. The van der Waals surface area contributed by atoms with Crippen LogP contribution in [0.25, 0.3) is 10.9 Å². The van der Waals surface area contributed by atoms with E-state index in [1.165, 1.54) is 7.11 Å². The summed E-state index contributed by atoms with van der Waals surface area (Å²) in [6, 6.07) is 5.98. The van der Waals surface area contributed by atoms with Gasteiger partial charge in [0.1, 0.15) is 23.4 Å². The number of hydrogen-bond donors (Lipinski definition) is 3. The maximum absolute atomic E-state index is 14.6. The molecule has 1 aliphatic heterocycles. The maximum Gasteiger partial charge on any atom is 0.316 e. The van der Waals surface area contributed by atoms with E-state index < -0.39 is 41.1 Å². The Kier molecular flexibility index (Phi) is 5.07. The van der Waals surface area contributed by atoms with Crippen molar-refractivity contribution in [1.82, 2.24) is 25.9 Å². The highest BCUT2D eigenvalue weighted by Gasteiger charge is 2.48. The normalized spacial score (nSPS) is 20.9. The number of fused-ring (bicyclic) bond motifs is 1. The van der Waals surface area contributed by atoms with Crippen molar-refractivity contribution in [2.45, 2.75) is 30.3 Å². The highest BCUT2D eigenvalue weighted by atomic mass is 19.1. The van der Waals surface area contributed by atoms with Gasteiger partial charge in [-0.15, -0.1) is 0 Å². The van der Waals surface area contributed by atoms with Crippen LogP contribution in [0.4, 0.5) is 13.6 Å². The van der Waals surface area contributed by atoms with Crippen molar-refractivity contribution in [3.8, 4) is 5.75 Å². The Bertz CT molecular complexity index is 1240. The third-order valence-electron chi connectivity index (χ3n) is 6.21. The number of carbonyl (C=O) groups is 2. The van der Waals surface area contributed by atoms with Crippen LogP contribution in [0.15, 0.2) is 42.7 Å². The number of pyridine rings is 2. The van der Waals surface area contributed by atoms with Gasteiger partial charge in [0.05, 0.1) is 30.1 Å². The van der Waals surface area contributed by atoms with E-state index in [2.05, 4.69) is 25.9 Å². The number of methoxy groups -OCH3 is 1. The number of halogens is 2. The second kappa shape index (κ2) is 7.95. The van der Waals surface area contributed by atoms with E-state index >= 15 is 0 Å². The van der Waals surface area contributed by atoms with Crippen LogP contribution in [-0.2, 0) is 10.3 Å². The monoisotopic (exact) mass is 453 g/mol. The topological polar surface area (TPSA) is 105 Å². The molecule has 0 bridgehead atoms. The first-order valence-electron chi connectivity index (χ1n) is 10.5. The SMILES string of the molecule is COc1cc(F)c([C@@H]2CNC(=O)[C@H]2NC(=O)NC2(c3ccc4ccncc4n3)CC2)c(F)c1. The highest BCUT2D eigenvalue weighted by Crippen LogP contribution is 2.45. The maximum atomic E-state index is 14.6. The molecule has 0 spiro atoms. The Morgan fingerprint density at radius 1 is 1.21 bits per heavy atom. The van der Waals surface area contributed by atoms with Gasteiger partial charge in [0.15, 0.2) is 0 Å². The van der Waals surface area contributed by atoms with Crippen molar-refractivity contribution in [2.75, 3.05) is 13.7 Å². The standard InChI is InChI=1S/C23H21F2N5O3/c1-33-13-8-15(24)19(16(25)9-13)14-10-27-21(31)20(14)29-22(32)30-23(5-6-23)18-3-2-12-4-7-26-11-17(12)28-18/h2-4,7-9,11,14,20H,5-6,10H2,1H3,(H,27,31)(H2,29,30,32)/t14-,20-/m0/s1. The molecule has 2 fully saturated rings. The number of ether oxygens (including phenoxy) is 1. The van der Waals surface area contributed by atoms with Crippen molar-refractivity contribution >= 4 is 22.8 Å². The zero-order chi connectivity index (χ0) is 23.2. The summed E-state index contributed by atoms with van der Waals surface area (Å²) < 4.78 is 34.1. The quantitative estimate of drug-likeness (QED) is 0.551. The van der Waals surface area contributed by atoms with Crippen LogP contribution >= 0.6 is 0 Å². The fraction of sp³-hybridized carbons (Fsp3) is 0.304. The summed E-state index contributed by atoms with van der Waals surface area (Å²) in [5.41, 5.74) is 0.473. The minimum Gasteiger partial charge on any atom is -0.497 e. The van der Waals surface area contributed by atoms with Gasteiger partial charge >= 0.3 is 6.03 Å². The van der Waals surface area contributed by atoms with Crippen molar-refractivity contribution in [3.05, 3.63) is 65.6 Å². The predicted molar refractivity (Wildman–Crippen MR) is 115 cm³/mol. The van der Waals surface area contributed by atoms with Gasteiger partial charge in [-0.3, -0.25) is 9.78 Å². The molecular weight excluding hydrogens is 432 g/mol. The molecule has 10 heteroatoms. The molecule has 2 atom stereocenters. The van der Waals surface area contributed by atoms with Crippen LogP contribution in [0.3, 0.4) is 0 Å². The van der Waals surface area contributed by atoms with Crippen molar-refractivity contribution < 1.29 is 23.1 Å². The summed E-state index contributed by atoms with van der Waals surface area (Å²) in [5, 5.41) is 9.00. The van der Waals surface area contributed by atoms with Crippen LogP contribution in [-0.4, -0.2) is 41.6 Å². The number of amides is 3. The Morgan fingerprint density at radius 2 is 1.97 bits per heavy atom. The Hall–Kier alpha value is -3.82. The zero-order valence-electron chi connectivity index (χ0n) is 17.7. The number of hydrogen-bond acceptors (Lipinski definition) is 5. The summed E-state index contributed by atoms with van der Waals surface area (Å²) in [6.07, 6.45) is 4.70. The molecule has 0 radical (unpaired) electrons. The second-order valence-electron chi connectivity index (χ2n) is 8.28. The first-order chi connectivity index (χ1) is 15.9. The van der Waals surface area contributed by atoms with E-state index in [1.807, 2.05) is 18.2 Å². The van der Waals surface area contributed by atoms with E-state index in [4.69, 9.17) is 4.74 Å². The van der Waals surface area contributed by atoms with E-state index in [9.17, 15) is 18.4 Å². The molecule has 3 aromatic rings. The van der Waals surface area contributed by atoms with E-state index in [0.29, 0.717) is 24.1 Å². The third kappa shape index (κ3) is 3.81. The van der Waals surface area contributed by atoms with Crippen molar-refractivity contribution in [2.24, 2.45) is 0 Å². The molecule has 1 saturated carbocycles. The minimum absolute atomic E-state index is 0.00563. The van der Waals surface area contributed by atoms with Crippen LogP contribution in [0.1, 0.15) is 30.0 Å². The Labute approximate surface area is 187 Å². The number of benzene rings is 1. The average molecular weight is 453 g/mol. The number of aromatic nitrogens is 2. The van der Waals surface area contributed by atoms with Gasteiger partial charge in [-0.2, -0.15) is 0 Å². The van der Waals surface area contributed by atoms with E-state index in [0.717, 1.165) is 17.5 Å². The lowest BCUT2D eigenvalue weighted by atomic mass is 9.93. The summed E-state index contributed by atoms with van der Waals surface area (Å²) in [6.45, 7) is -0.00563. The van der Waals surface area contributed by atoms with Crippen molar-refractivity contribution in [3.63, 3.8) is 0 Å². The first-order valence-corrected chi connectivity index (χ1v) is 10.5. The van der Waals surface area contributed by atoms with Gasteiger partial charge in [0.25, 0.3) is 0 Å². The largest absolute Gasteiger partial charge is 0.497 e. The lowest BCUT2D eigenvalue weighted by Crippen LogP contribution is -2.50. The third-order valence-corrected chi connectivity index (χ3v) is 6.21. The molecule has 1 aromatic carbocycles. The summed E-state index contributed by atoms with van der Waals surface area (Å²) >= 11 is 0. The number of rotatable bonds is 5. The van der Waals surface area contributed by atoms with Gasteiger partial charge in [-0.1, -0.05) is 6.07 Å². The van der Waals surface area contributed by atoms with E-state index in [1.54, 1.807) is 12.4 Å². The Morgan fingerprint density at radius 3 is 2.67 bits per heavy atom. The molecule has 3 amide bonds. The predicted octanol–water partition coefficient (Wildman–Crippen LogP) is 2.49. The number of nitrogens with zero attached hydrogens (tertiary/aromatic N) is 2. The van der Waals surface area contributed by atoms with Crippen LogP contribution in [0.5, 0.6) is 5.75 Å². The molecule has 8 nitrogen and oxygen atoms in total. The van der Waals surface area contributed by atoms with Gasteiger partial charge in [0, 0.05) is 41.7 Å². The molecule has 1 aliphatic carbocycles. The molecular formula is C23H21F2N5O3. The van der Waals surface area contributed by atoms with Crippen LogP contribution < -0.4 is 20.7 Å². The molecule has 1 saturated heterocycles. The summed E-state index contributed by atoms with van der Waals surface area (Å²) in [7, 11) is 1.30. The van der Waals surface area contributed by atoms with Crippen LogP contribution in [0.2, 0.25) is 0 Å². The first kappa shape index (κ1) is 21.0. The summed E-state index contributed by atoms with van der Waals surface area (Å²) in [4.78, 5) is 33.9. The van der Waals surface area contributed by atoms with Gasteiger partial charge in [-0.25, -0.2) is 18.6 Å². The lowest BCUT2D eigenvalue weighted by molar-refractivity contribution is -0.120. The minimum atomic E-state index is -1.13. The molecule has 3 heterocycles. The molecule has 3 N–H and O–H groups in total. The van der Waals surface area contributed by atoms with Crippen molar-refractivity contribution in [1.29, 1.82) is 0 Å². The number of nitrogens with one attached hydrogen (secondary N) is 3. The average Bonchev–Trinajstić information content (AvgIpc) is 3.51. The number of urea groups is 1. The molecule has 2 aliphatic rings. The fourth-order valence-electron chi connectivity index (χ4n) is 4.29. The number of carbonyl (C=O) groups excluding carboxylic acids is 2. The lowest BCUT2D eigenvalue weighted by Gasteiger charge is -2.23. The molecule has 5 rings (SSSR count). The molecule has 33 heavy (non-hydrogen) atoms. The smallest absolute Gasteiger partial charge is 0.316 e.